The highest BCUT2D eigenvalue weighted by molar-refractivity contribution is 5.87. The van der Waals surface area contributed by atoms with Gasteiger partial charge < -0.3 is 14.4 Å². The monoisotopic (exact) mass is 411 g/mol. The summed E-state index contributed by atoms with van der Waals surface area (Å²) in [6.07, 6.45) is 3.11. The maximum atomic E-state index is 12.5. The lowest BCUT2D eigenvalue weighted by Gasteiger charge is -2.37. The molecule has 4 heteroatoms. The van der Waals surface area contributed by atoms with Crippen molar-refractivity contribution >= 4 is 16.8 Å². The fourth-order valence-electron chi connectivity index (χ4n) is 5.34. The van der Waals surface area contributed by atoms with Gasteiger partial charge in [-0.1, -0.05) is 39.3 Å². The summed E-state index contributed by atoms with van der Waals surface area (Å²) in [4.78, 5) is 17.2. The van der Waals surface area contributed by atoms with Crippen LogP contribution in [0.15, 0.2) is 18.2 Å². The van der Waals surface area contributed by atoms with Crippen LogP contribution in [0.1, 0.15) is 70.3 Å². The molecule has 1 aliphatic rings. The lowest BCUT2D eigenvalue weighted by atomic mass is 9.93. The lowest BCUT2D eigenvalue weighted by Crippen LogP contribution is -2.40. The quantitative estimate of drug-likeness (QED) is 0.588. The zero-order chi connectivity index (χ0) is 22.0. The average molecular weight is 412 g/mol. The van der Waals surface area contributed by atoms with Crippen molar-refractivity contribution in [3.8, 4) is 0 Å². The summed E-state index contributed by atoms with van der Waals surface area (Å²) >= 11 is 0. The zero-order valence-corrected chi connectivity index (χ0v) is 20.2. The Morgan fingerprint density at radius 1 is 1.17 bits per heavy atom. The Hall–Kier alpha value is -1.81. The lowest BCUT2D eigenvalue weighted by molar-refractivity contribution is -0.132. The number of aromatic nitrogens is 1. The predicted octanol–water partition coefficient (Wildman–Crippen LogP) is 5.33. The minimum Gasteiger partial charge on any atom is -0.346 e. The molecule has 166 valence electrons. The van der Waals surface area contributed by atoms with Crippen LogP contribution in [0.4, 0.5) is 0 Å². The minimum atomic E-state index is 0.184. The van der Waals surface area contributed by atoms with Crippen molar-refractivity contribution in [2.45, 2.75) is 66.8 Å². The van der Waals surface area contributed by atoms with Gasteiger partial charge in [0, 0.05) is 50.2 Å². The first-order chi connectivity index (χ1) is 14.2. The molecule has 1 aromatic carbocycles. The summed E-state index contributed by atoms with van der Waals surface area (Å²) in [6.45, 7) is 17.3. The third-order valence-corrected chi connectivity index (χ3v) is 6.41. The molecule has 0 radical (unpaired) electrons. The smallest absolute Gasteiger partial charge is 0.220 e. The first-order valence-electron chi connectivity index (χ1n) is 11.8. The Kier molecular flexibility index (Phi) is 7.28. The van der Waals surface area contributed by atoms with Crippen LogP contribution >= 0.6 is 0 Å². The van der Waals surface area contributed by atoms with E-state index in [4.69, 9.17) is 0 Å². The van der Waals surface area contributed by atoms with Crippen LogP contribution in [0.25, 0.3) is 10.9 Å². The van der Waals surface area contributed by atoms with E-state index >= 15 is 0 Å². The molecule has 0 bridgehead atoms. The molecule has 30 heavy (non-hydrogen) atoms. The van der Waals surface area contributed by atoms with Gasteiger partial charge in [0.1, 0.15) is 0 Å². The van der Waals surface area contributed by atoms with Crippen LogP contribution in [-0.2, 0) is 18.3 Å². The van der Waals surface area contributed by atoms with E-state index in [0.29, 0.717) is 11.8 Å². The standard InChI is InChI=1S/C26H41N3O/c1-18(2)16-28(17-19(3)4)13-8-9-25-26-22(12-14-29(25)21(6)30)23-15-20(5)10-11-24(23)27(26)7/h10-11,15,18-19,25H,8-9,12-14,16-17H2,1-7H3. The maximum Gasteiger partial charge on any atom is 0.220 e. The summed E-state index contributed by atoms with van der Waals surface area (Å²) in [5.74, 6) is 1.56. The molecule has 0 spiro atoms. The molecule has 1 aliphatic heterocycles. The topological polar surface area (TPSA) is 28.5 Å². The van der Waals surface area contributed by atoms with E-state index in [0.717, 1.165) is 45.4 Å². The maximum absolute atomic E-state index is 12.5. The van der Waals surface area contributed by atoms with E-state index in [2.05, 4.69) is 74.2 Å². The number of fused-ring (bicyclic) bond motifs is 3. The molecule has 0 saturated heterocycles. The number of amides is 1. The summed E-state index contributed by atoms with van der Waals surface area (Å²) in [7, 11) is 2.18. The van der Waals surface area contributed by atoms with Gasteiger partial charge in [-0.15, -0.1) is 0 Å². The van der Waals surface area contributed by atoms with Crippen LogP contribution < -0.4 is 0 Å². The molecule has 4 nitrogen and oxygen atoms in total. The van der Waals surface area contributed by atoms with Gasteiger partial charge in [-0.05, 0) is 62.3 Å². The molecule has 2 heterocycles. The third kappa shape index (κ3) is 4.91. The van der Waals surface area contributed by atoms with Gasteiger partial charge in [0.05, 0.1) is 6.04 Å². The molecule has 0 saturated carbocycles. The first kappa shape index (κ1) is 22.9. The minimum absolute atomic E-state index is 0.184. The molecule has 1 atom stereocenters. The van der Waals surface area contributed by atoms with Gasteiger partial charge in [0.15, 0.2) is 0 Å². The fraction of sp³-hybridized carbons (Fsp3) is 0.654. The highest BCUT2D eigenvalue weighted by Gasteiger charge is 2.33. The normalized spacial score (nSPS) is 16.9. The Morgan fingerprint density at radius 3 is 2.43 bits per heavy atom. The van der Waals surface area contributed by atoms with Crippen LogP contribution in [-0.4, -0.2) is 46.5 Å². The van der Waals surface area contributed by atoms with Gasteiger partial charge in [-0.2, -0.15) is 0 Å². The molecule has 0 fully saturated rings. The van der Waals surface area contributed by atoms with Crippen LogP contribution in [0.3, 0.4) is 0 Å². The van der Waals surface area contributed by atoms with Crippen molar-refractivity contribution < 1.29 is 4.79 Å². The fourth-order valence-corrected chi connectivity index (χ4v) is 5.34. The Morgan fingerprint density at radius 2 is 1.83 bits per heavy atom. The van der Waals surface area contributed by atoms with Crippen LogP contribution in [0.2, 0.25) is 0 Å². The van der Waals surface area contributed by atoms with E-state index in [-0.39, 0.29) is 11.9 Å². The summed E-state index contributed by atoms with van der Waals surface area (Å²) in [5, 5.41) is 1.38. The SMILES string of the molecule is CC(=O)N1CCc2c(n(C)c3ccc(C)cc23)C1CCCN(CC(C)C)CC(C)C. The van der Waals surface area contributed by atoms with Gasteiger partial charge >= 0.3 is 0 Å². The molecule has 3 rings (SSSR count). The summed E-state index contributed by atoms with van der Waals surface area (Å²) in [6, 6.07) is 6.94. The Balaban J connectivity index is 1.85. The van der Waals surface area contributed by atoms with E-state index in [1.807, 2.05) is 0 Å². The number of hydrogen-bond donors (Lipinski definition) is 0. The average Bonchev–Trinajstić information content (AvgIpc) is 2.92. The van der Waals surface area contributed by atoms with Crippen molar-refractivity contribution in [2.75, 3.05) is 26.2 Å². The predicted molar refractivity (Wildman–Crippen MR) is 127 cm³/mol. The second kappa shape index (κ2) is 9.55. The van der Waals surface area contributed by atoms with Crippen molar-refractivity contribution in [2.24, 2.45) is 18.9 Å². The molecule has 1 amide bonds. The van der Waals surface area contributed by atoms with E-state index in [9.17, 15) is 4.79 Å². The van der Waals surface area contributed by atoms with Crippen LogP contribution in [0, 0.1) is 18.8 Å². The molecule has 2 aromatic rings. The molecular weight excluding hydrogens is 370 g/mol. The van der Waals surface area contributed by atoms with Crippen molar-refractivity contribution in [1.82, 2.24) is 14.4 Å². The van der Waals surface area contributed by atoms with Crippen molar-refractivity contribution in [1.29, 1.82) is 0 Å². The van der Waals surface area contributed by atoms with Crippen molar-refractivity contribution in [3.05, 3.63) is 35.0 Å². The van der Waals surface area contributed by atoms with Crippen molar-refractivity contribution in [3.63, 3.8) is 0 Å². The number of aryl methyl sites for hydroxylation is 2. The third-order valence-electron chi connectivity index (χ3n) is 6.41. The van der Waals surface area contributed by atoms with E-state index in [1.54, 1.807) is 6.92 Å². The van der Waals surface area contributed by atoms with E-state index in [1.165, 1.54) is 27.7 Å². The second-order valence-corrected chi connectivity index (χ2v) is 10.1. The number of hydrogen-bond acceptors (Lipinski definition) is 2. The zero-order valence-electron chi connectivity index (χ0n) is 20.2. The summed E-state index contributed by atoms with van der Waals surface area (Å²) < 4.78 is 2.35. The number of carbonyl (C=O) groups is 1. The highest BCUT2D eigenvalue weighted by Crippen LogP contribution is 2.39. The number of carbonyl (C=O) groups excluding carboxylic acids is 1. The van der Waals surface area contributed by atoms with Gasteiger partial charge in [0.2, 0.25) is 5.91 Å². The molecule has 1 aromatic heterocycles. The first-order valence-corrected chi connectivity index (χ1v) is 11.8. The van der Waals surface area contributed by atoms with Gasteiger partial charge in [0.25, 0.3) is 0 Å². The Labute approximate surface area is 183 Å². The second-order valence-electron chi connectivity index (χ2n) is 10.1. The molecule has 0 N–H and O–H groups in total. The number of rotatable bonds is 8. The number of nitrogens with zero attached hydrogens (tertiary/aromatic N) is 3. The molecule has 0 aliphatic carbocycles. The molecular formula is C26H41N3O. The van der Waals surface area contributed by atoms with Crippen LogP contribution in [0.5, 0.6) is 0 Å². The van der Waals surface area contributed by atoms with Gasteiger partial charge in [-0.25, -0.2) is 0 Å². The largest absolute Gasteiger partial charge is 0.346 e. The number of benzene rings is 1. The van der Waals surface area contributed by atoms with Gasteiger partial charge in [-0.3, -0.25) is 4.79 Å². The highest BCUT2D eigenvalue weighted by atomic mass is 16.2. The van der Waals surface area contributed by atoms with E-state index < -0.39 is 0 Å². The Bertz CT molecular complexity index is 870. The molecule has 1 unspecified atom stereocenters. The summed E-state index contributed by atoms with van der Waals surface area (Å²) in [5.41, 5.74) is 5.41.